The van der Waals surface area contributed by atoms with Crippen molar-refractivity contribution in [1.82, 2.24) is 4.72 Å². The predicted octanol–water partition coefficient (Wildman–Crippen LogP) is 2.55. The van der Waals surface area contributed by atoms with Crippen molar-refractivity contribution in [3.8, 4) is 0 Å². The molecule has 1 aliphatic rings. The first kappa shape index (κ1) is 15.1. The summed E-state index contributed by atoms with van der Waals surface area (Å²) in [5, 5.41) is 10.1. The summed E-state index contributed by atoms with van der Waals surface area (Å²) >= 11 is 0.852. The van der Waals surface area contributed by atoms with E-state index in [9.17, 15) is 17.6 Å². The molecule has 0 radical (unpaired) electrons. The summed E-state index contributed by atoms with van der Waals surface area (Å²) in [5.74, 6) is -1.50. The van der Waals surface area contributed by atoms with Crippen molar-refractivity contribution < 1.29 is 22.7 Å². The number of fused-ring (bicyclic) bond motifs is 1. The largest absolute Gasteiger partial charge is 0.477 e. The second-order valence-corrected chi connectivity index (χ2v) is 7.60. The van der Waals surface area contributed by atoms with E-state index in [4.69, 9.17) is 5.11 Å². The van der Waals surface area contributed by atoms with E-state index in [-0.39, 0.29) is 15.6 Å². The van der Waals surface area contributed by atoms with Crippen LogP contribution in [0, 0.1) is 5.82 Å². The molecule has 1 unspecified atom stereocenters. The highest BCUT2D eigenvalue weighted by Crippen LogP contribution is 2.34. The molecule has 0 bridgehead atoms. The fraction of sp³-hybridized carbons (Fsp3) is 0.214. The summed E-state index contributed by atoms with van der Waals surface area (Å²) < 4.78 is 40.9. The fourth-order valence-corrected chi connectivity index (χ4v) is 4.92. The standard InChI is InChI=1S/C14H12FNO4S2/c15-11-3-1-2-10-9(11)4-5-12(10)16-22(19,20)8-6-13(14(17)18)21-7-8/h1-3,6-7,12,16H,4-5H2,(H,17,18). The first-order valence-electron chi connectivity index (χ1n) is 6.50. The Morgan fingerprint density at radius 2 is 2.18 bits per heavy atom. The average molecular weight is 341 g/mol. The summed E-state index contributed by atoms with van der Waals surface area (Å²) in [6.07, 6.45) is 0.949. The molecule has 8 heteroatoms. The quantitative estimate of drug-likeness (QED) is 0.895. The minimum Gasteiger partial charge on any atom is -0.477 e. The van der Waals surface area contributed by atoms with Gasteiger partial charge in [0.15, 0.2) is 0 Å². The van der Waals surface area contributed by atoms with Gasteiger partial charge in [-0.3, -0.25) is 0 Å². The Labute approximate surface area is 130 Å². The van der Waals surface area contributed by atoms with Gasteiger partial charge in [0.2, 0.25) is 10.0 Å². The maximum absolute atomic E-state index is 13.7. The van der Waals surface area contributed by atoms with Crippen LogP contribution >= 0.6 is 11.3 Å². The molecule has 0 saturated heterocycles. The van der Waals surface area contributed by atoms with Crippen LogP contribution < -0.4 is 4.72 Å². The van der Waals surface area contributed by atoms with Gasteiger partial charge in [-0.2, -0.15) is 0 Å². The van der Waals surface area contributed by atoms with Crippen LogP contribution in [-0.2, 0) is 16.4 Å². The molecule has 116 valence electrons. The van der Waals surface area contributed by atoms with Gasteiger partial charge in [0.25, 0.3) is 0 Å². The van der Waals surface area contributed by atoms with E-state index in [1.54, 1.807) is 12.1 Å². The van der Waals surface area contributed by atoms with Crippen molar-refractivity contribution >= 4 is 27.3 Å². The van der Waals surface area contributed by atoms with Crippen molar-refractivity contribution in [1.29, 1.82) is 0 Å². The molecule has 0 fully saturated rings. The average Bonchev–Trinajstić information content (AvgIpc) is 3.07. The van der Waals surface area contributed by atoms with Crippen LogP contribution in [-0.4, -0.2) is 19.5 Å². The Morgan fingerprint density at radius 3 is 2.86 bits per heavy atom. The van der Waals surface area contributed by atoms with Gasteiger partial charge in [0.05, 0.1) is 4.90 Å². The van der Waals surface area contributed by atoms with E-state index in [2.05, 4.69) is 4.72 Å². The third-order valence-corrected chi connectivity index (χ3v) is 6.13. The number of benzene rings is 1. The number of hydrogen-bond acceptors (Lipinski definition) is 4. The van der Waals surface area contributed by atoms with E-state index in [1.807, 2.05) is 0 Å². The van der Waals surface area contributed by atoms with Gasteiger partial charge in [-0.15, -0.1) is 11.3 Å². The molecule has 0 spiro atoms. The van der Waals surface area contributed by atoms with Gasteiger partial charge >= 0.3 is 5.97 Å². The maximum atomic E-state index is 13.7. The molecule has 1 atom stereocenters. The number of hydrogen-bond donors (Lipinski definition) is 2. The molecule has 22 heavy (non-hydrogen) atoms. The van der Waals surface area contributed by atoms with Crippen LogP contribution in [0.1, 0.15) is 33.3 Å². The Kier molecular flexibility index (Phi) is 3.75. The van der Waals surface area contributed by atoms with Gasteiger partial charge in [-0.1, -0.05) is 12.1 Å². The zero-order valence-electron chi connectivity index (χ0n) is 11.2. The summed E-state index contributed by atoms with van der Waals surface area (Å²) in [7, 11) is -3.84. The zero-order valence-corrected chi connectivity index (χ0v) is 12.9. The molecule has 0 aliphatic heterocycles. The molecule has 1 aliphatic carbocycles. The lowest BCUT2D eigenvalue weighted by atomic mass is 10.1. The molecule has 0 saturated carbocycles. The number of carbonyl (C=O) groups is 1. The highest BCUT2D eigenvalue weighted by Gasteiger charge is 2.29. The first-order valence-corrected chi connectivity index (χ1v) is 8.86. The van der Waals surface area contributed by atoms with E-state index in [1.165, 1.54) is 11.4 Å². The van der Waals surface area contributed by atoms with E-state index in [0.717, 1.165) is 17.4 Å². The third kappa shape index (κ3) is 2.65. The third-order valence-electron chi connectivity index (χ3n) is 3.61. The van der Waals surface area contributed by atoms with Crippen LogP contribution in [0.3, 0.4) is 0 Å². The lowest BCUT2D eigenvalue weighted by molar-refractivity contribution is 0.0702. The summed E-state index contributed by atoms with van der Waals surface area (Å²) in [6.45, 7) is 0. The van der Waals surface area contributed by atoms with Crippen molar-refractivity contribution in [3.05, 3.63) is 51.5 Å². The second-order valence-electron chi connectivity index (χ2n) is 4.97. The Hall–Kier alpha value is -1.77. The molecule has 3 rings (SSSR count). The Balaban J connectivity index is 1.87. The van der Waals surface area contributed by atoms with Crippen molar-refractivity contribution in [2.45, 2.75) is 23.8 Å². The topological polar surface area (TPSA) is 83.5 Å². The fourth-order valence-electron chi connectivity index (χ4n) is 2.56. The van der Waals surface area contributed by atoms with Gasteiger partial charge in [0.1, 0.15) is 10.7 Å². The number of rotatable bonds is 4. The SMILES string of the molecule is O=C(O)c1cc(S(=O)(=O)NC2CCc3c(F)cccc32)cs1. The van der Waals surface area contributed by atoms with Gasteiger partial charge in [-0.25, -0.2) is 22.3 Å². The Bertz CT molecular complexity index is 844. The molecular formula is C14H12FNO4S2. The summed E-state index contributed by atoms with van der Waals surface area (Å²) in [6, 6.07) is 5.23. The molecule has 2 N–H and O–H groups in total. The summed E-state index contributed by atoms with van der Waals surface area (Å²) in [4.78, 5) is 10.7. The minimum atomic E-state index is -3.84. The van der Waals surface area contributed by atoms with Crippen LogP contribution in [0.4, 0.5) is 4.39 Å². The van der Waals surface area contributed by atoms with Crippen LogP contribution in [0.15, 0.2) is 34.5 Å². The number of sulfonamides is 1. The smallest absolute Gasteiger partial charge is 0.345 e. The molecular weight excluding hydrogens is 329 g/mol. The Morgan fingerprint density at radius 1 is 1.41 bits per heavy atom. The van der Waals surface area contributed by atoms with Crippen molar-refractivity contribution in [2.24, 2.45) is 0 Å². The van der Waals surface area contributed by atoms with Gasteiger partial charge in [0, 0.05) is 11.4 Å². The highest BCUT2D eigenvalue weighted by atomic mass is 32.2. The van der Waals surface area contributed by atoms with Crippen LogP contribution in [0.5, 0.6) is 0 Å². The molecule has 5 nitrogen and oxygen atoms in total. The van der Waals surface area contributed by atoms with Gasteiger partial charge in [-0.05, 0) is 36.1 Å². The van der Waals surface area contributed by atoms with E-state index < -0.39 is 22.0 Å². The predicted molar refractivity (Wildman–Crippen MR) is 79.1 cm³/mol. The molecule has 1 heterocycles. The van der Waals surface area contributed by atoms with Crippen LogP contribution in [0.2, 0.25) is 0 Å². The van der Waals surface area contributed by atoms with E-state index >= 15 is 0 Å². The number of carboxylic acids is 1. The molecule has 0 amide bonds. The van der Waals surface area contributed by atoms with Gasteiger partial charge < -0.3 is 5.11 Å². The zero-order chi connectivity index (χ0) is 15.9. The van der Waals surface area contributed by atoms with Crippen molar-refractivity contribution in [2.75, 3.05) is 0 Å². The maximum Gasteiger partial charge on any atom is 0.345 e. The summed E-state index contributed by atoms with van der Waals surface area (Å²) in [5.41, 5.74) is 1.17. The molecule has 1 aromatic heterocycles. The first-order chi connectivity index (χ1) is 10.4. The van der Waals surface area contributed by atoms with Crippen LogP contribution in [0.25, 0.3) is 0 Å². The lowest BCUT2D eigenvalue weighted by Gasteiger charge is -2.13. The normalized spacial score (nSPS) is 17.4. The lowest BCUT2D eigenvalue weighted by Crippen LogP contribution is -2.27. The number of aromatic carboxylic acids is 1. The number of nitrogens with one attached hydrogen (secondary N) is 1. The van der Waals surface area contributed by atoms with Crippen molar-refractivity contribution in [3.63, 3.8) is 0 Å². The molecule has 1 aromatic carbocycles. The second kappa shape index (κ2) is 5.45. The number of carboxylic acid groups (broad SMARTS) is 1. The molecule has 2 aromatic rings. The minimum absolute atomic E-state index is 0.0433. The number of halogens is 1. The highest BCUT2D eigenvalue weighted by molar-refractivity contribution is 7.89. The van der Waals surface area contributed by atoms with E-state index in [0.29, 0.717) is 24.0 Å². The monoisotopic (exact) mass is 341 g/mol. The number of thiophene rings is 1.